The fourth-order valence-corrected chi connectivity index (χ4v) is 7.56. The third-order valence-corrected chi connectivity index (χ3v) is 9.82. The summed E-state index contributed by atoms with van der Waals surface area (Å²) in [6, 6.07) is 8.64. The summed E-state index contributed by atoms with van der Waals surface area (Å²) in [6.45, 7) is 6.94. The summed E-state index contributed by atoms with van der Waals surface area (Å²) >= 11 is 0. The Morgan fingerprint density at radius 3 is 2.88 bits per heavy atom. The van der Waals surface area contributed by atoms with Crippen molar-refractivity contribution in [3.8, 4) is 17.8 Å². The van der Waals surface area contributed by atoms with Gasteiger partial charge in [-0.25, -0.2) is 0 Å². The molecule has 1 aromatic carbocycles. The number of fused-ring (bicyclic) bond motifs is 3. The Bertz CT molecular complexity index is 1370. The van der Waals surface area contributed by atoms with Crippen molar-refractivity contribution in [3.63, 3.8) is 0 Å². The smallest absolute Gasteiger partial charge is 0.318 e. The third-order valence-electron chi connectivity index (χ3n) is 9.82. The number of hydrogen-bond donors (Lipinski definition) is 1. The maximum Gasteiger partial charge on any atom is 0.318 e. The third kappa shape index (κ3) is 5.26. The summed E-state index contributed by atoms with van der Waals surface area (Å²) in [6.07, 6.45) is 9.67. The van der Waals surface area contributed by atoms with Gasteiger partial charge < -0.3 is 24.5 Å². The molecule has 2 fully saturated rings. The van der Waals surface area contributed by atoms with Crippen molar-refractivity contribution >= 4 is 11.7 Å². The van der Waals surface area contributed by atoms with Crippen LogP contribution in [0.5, 0.6) is 11.8 Å². The predicted octanol–water partition coefficient (Wildman–Crippen LogP) is 3.54. The van der Waals surface area contributed by atoms with Crippen LogP contribution in [0.4, 0.5) is 5.82 Å². The molecule has 41 heavy (non-hydrogen) atoms. The number of aromatic hydroxyl groups is 1. The minimum Gasteiger partial charge on any atom is -0.508 e. The molecule has 4 aliphatic rings. The number of likely N-dealkylation sites (tertiary alicyclic amines) is 1. The zero-order chi connectivity index (χ0) is 28.6. The number of hydrogen-bond acceptors (Lipinski definition) is 8. The Labute approximate surface area is 242 Å². The lowest BCUT2D eigenvalue weighted by Gasteiger charge is -2.44. The molecule has 3 atom stereocenters. The van der Waals surface area contributed by atoms with Gasteiger partial charge in [0.25, 0.3) is 0 Å². The minimum atomic E-state index is -0.232. The molecule has 9 nitrogen and oxygen atoms in total. The number of phenolic OH excluding ortho intramolecular Hbond substituents is 1. The van der Waals surface area contributed by atoms with E-state index in [1.165, 1.54) is 23.6 Å². The zero-order valence-electron chi connectivity index (χ0n) is 24.0. The highest BCUT2D eigenvalue weighted by Gasteiger charge is 2.42. The van der Waals surface area contributed by atoms with Crippen molar-refractivity contribution in [2.45, 2.75) is 75.3 Å². The highest BCUT2D eigenvalue weighted by atomic mass is 16.5. The standard InChI is InChI=1S/C32H40N6O3/c1-3-29(40)38-17-16-37(20-23(38)11-14-33)30-26-10-13-32(12-4-6-22-8-9-25(39)18-27(22)32)19-28(26)34-31(35-30)41-21-24-7-5-15-36(24)2/h3,8-9,18,23-24,39H,1,4-7,10-13,15-17,19-21H2,2H3/t23-,24-,32?/m0/s1. The van der Waals surface area contributed by atoms with E-state index in [1.54, 1.807) is 11.0 Å². The summed E-state index contributed by atoms with van der Waals surface area (Å²) in [5.74, 6) is 1.06. The van der Waals surface area contributed by atoms with E-state index in [2.05, 4.69) is 35.6 Å². The number of piperazine rings is 1. The van der Waals surface area contributed by atoms with Gasteiger partial charge in [0, 0.05) is 36.7 Å². The molecule has 2 aromatic rings. The lowest BCUT2D eigenvalue weighted by molar-refractivity contribution is -0.128. The maximum absolute atomic E-state index is 12.5. The van der Waals surface area contributed by atoms with Crippen LogP contribution in [-0.4, -0.2) is 82.7 Å². The molecule has 1 unspecified atom stereocenters. The fourth-order valence-electron chi connectivity index (χ4n) is 7.56. The first-order chi connectivity index (χ1) is 19.9. The molecule has 2 saturated heterocycles. The number of nitriles is 1. The summed E-state index contributed by atoms with van der Waals surface area (Å²) in [5, 5.41) is 19.9. The average molecular weight is 557 g/mol. The largest absolute Gasteiger partial charge is 0.508 e. The van der Waals surface area contributed by atoms with Crippen LogP contribution in [0.15, 0.2) is 30.9 Å². The molecule has 0 saturated carbocycles. The second-order valence-electron chi connectivity index (χ2n) is 12.2. The number of ether oxygens (including phenoxy) is 1. The molecule has 0 radical (unpaired) electrons. The van der Waals surface area contributed by atoms with Crippen molar-refractivity contribution in [2.24, 2.45) is 0 Å². The lowest BCUT2D eigenvalue weighted by atomic mass is 9.62. The van der Waals surface area contributed by atoms with Gasteiger partial charge in [-0.15, -0.1) is 0 Å². The highest BCUT2D eigenvalue weighted by molar-refractivity contribution is 5.87. The monoisotopic (exact) mass is 556 g/mol. The molecule has 3 heterocycles. The number of phenols is 1. The Balaban J connectivity index is 1.35. The van der Waals surface area contributed by atoms with E-state index in [4.69, 9.17) is 14.7 Å². The number of nitrogens with zero attached hydrogens (tertiary/aromatic N) is 6. The number of amides is 1. The topological polar surface area (TPSA) is 106 Å². The van der Waals surface area contributed by atoms with E-state index < -0.39 is 0 Å². The number of carbonyl (C=O) groups excluding carboxylic acids is 1. The van der Waals surface area contributed by atoms with E-state index in [-0.39, 0.29) is 23.8 Å². The molecule has 9 heteroatoms. The number of likely N-dealkylation sites (N-methyl/N-ethyl adjacent to an activating group) is 1. The number of aryl methyl sites for hydroxylation is 1. The first kappa shape index (κ1) is 27.5. The fraction of sp³-hybridized carbons (Fsp3) is 0.562. The maximum atomic E-state index is 12.5. The molecule has 6 rings (SSSR count). The Hall–Kier alpha value is -3.64. The van der Waals surface area contributed by atoms with Gasteiger partial charge in [-0.2, -0.15) is 15.2 Å². The molecule has 216 valence electrons. The zero-order valence-corrected chi connectivity index (χ0v) is 24.0. The van der Waals surface area contributed by atoms with Crippen LogP contribution in [0.1, 0.15) is 60.9 Å². The number of rotatable bonds is 6. The van der Waals surface area contributed by atoms with Gasteiger partial charge in [0.2, 0.25) is 5.91 Å². The molecule has 0 bridgehead atoms. The van der Waals surface area contributed by atoms with Crippen molar-refractivity contribution in [2.75, 3.05) is 44.7 Å². The van der Waals surface area contributed by atoms with Gasteiger partial charge in [-0.05, 0) is 94.3 Å². The molecule has 1 amide bonds. The van der Waals surface area contributed by atoms with Crippen molar-refractivity contribution in [1.29, 1.82) is 5.26 Å². The minimum absolute atomic E-state index is 0.0632. The Kier molecular flexibility index (Phi) is 7.60. The Morgan fingerprint density at radius 1 is 1.22 bits per heavy atom. The molecule has 2 aliphatic carbocycles. The van der Waals surface area contributed by atoms with E-state index >= 15 is 0 Å². The first-order valence-corrected chi connectivity index (χ1v) is 15.0. The SMILES string of the molecule is C=CC(=O)N1CCN(c2nc(OC[C@@H]3CCCN3C)nc3c2CCC2(CCCc4ccc(O)cc42)C3)C[C@@H]1CC#N. The van der Waals surface area contributed by atoms with E-state index in [0.29, 0.717) is 44.0 Å². The summed E-state index contributed by atoms with van der Waals surface area (Å²) in [7, 11) is 2.14. The predicted molar refractivity (Wildman–Crippen MR) is 156 cm³/mol. The normalized spacial score (nSPS) is 25.9. The quantitative estimate of drug-likeness (QED) is 0.539. The van der Waals surface area contributed by atoms with E-state index in [9.17, 15) is 15.2 Å². The van der Waals surface area contributed by atoms with Gasteiger partial charge in [0.1, 0.15) is 18.2 Å². The van der Waals surface area contributed by atoms with Crippen LogP contribution in [0.3, 0.4) is 0 Å². The van der Waals surface area contributed by atoms with Crippen LogP contribution in [0.2, 0.25) is 0 Å². The van der Waals surface area contributed by atoms with Crippen LogP contribution in [-0.2, 0) is 29.5 Å². The molecule has 1 spiro atoms. The van der Waals surface area contributed by atoms with Crippen molar-refractivity contribution in [1.82, 2.24) is 19.8 Å². The number of carbonyl (C=O) groups is 1. The molecular formula is C32H40N6O3. The second-order valence-corrected chi connectivity index (χ2v) is 12.2. The second kappa shape index (κ2) is 11.3. The van der Waals surface area contributed by atoms with Crippen molar-refractivity contribution < 1.29 is 14.6 Å². The summed E-state index contributed by atoms with van der Waals surface area (Å²) in [4.78, 5) is 28.9. The number of anilines is 1. The van der Waals surface area contributed by atoms with Crippen LogP contribution < -0.4 is 9.64 Å². The van der Waals surface area contributed by atoms with Crippen LogP contribution in [0, 0.1) is 11.3 Å². The van der Waals surface area contributed by atoms with Crippen LogP contribution >= 0.6 is 0 Å². The van der Waals surface area contributed by atoms with Crippen molar-refractivity contribution in [3.05, 3.63) is 53.2 Å². The number of aromatic nitrogens is 2. The van der Waals surface area contributed by atoms with Gasteiger partial charge in [0.05, 0.1) is 24.2 Å². The van der Waals surface area contributed by atoms with Crippen LogP contribution in [0.25, 0.3) is 0 Å². The molecule has 1 aromatic heterocycles. The molecule has 2 aliphatic heterocycles. The molecular weight excluding hydrogens is 516 g/mol. The van der Waals surface area contributed by atoms with Gasteiger partial charge in [0.15, 0.2) is 0 Å². The average Bonchev–Trinajstić information content (AvgIpc) is 3.40. The van der Waals surface area contributed by atoms with Gasteiger partial charge in [-0.3, -0.25) is 4.79 Å². The lowest BCUT2D eigenvalue weighted by Crippen LogP contribution is -2.55. The van der Waals surface area contributed by atoms with Gasteiger partial charge in [-0.1, -0.05) is 12.6 Å². The Morgan fingerprint density at radius 2 is 2.10 bits per heavy atom. The highest BCUT2D eigenvalue weighted by Crippen LogP contribution is 2.48. The molecule has 1 N–H and O–H groups in total. The van der Waals surface area contributed by atoms with Gasteiger partial charge >= 0.3 is 6.01 Å². The van der Waals surface area contributed by atoms with E-state index in [0.717, 1.165) is 68.6 Å². The number of benzene rings is 1. The summed E-state index contributed by atoms with van der Waals surface area (Å²) in [5.41, 5.74) is 4.69. The summed E-state index contributed by atoms with van der Waals surface area (Å²) < 4.78 is 6.31. The van der Waals surface area contributed by atoms with E-state index in [1.807, 2.05) is 6.07 Å². The first-order valence-electron chi connectivity index (χ1n) is 15.0.